The Hall–Kier alpha value is -3.39. The van der Waals surface area contributed by atoms with Crippen molar-refractivity contribution >= 4 is 57.3 Å². The van der Waals surface area contributed by atoms with Crippen LogP contribution in [-0.4, -0.2) is 21.0 Å². The average Bonchev–Trinajstić information content (AvgIpc) is 3.07. The third-order valence-corrected chi connectivity index (χ3v) is 6.62. The van der Waals surface area contributed by atoms with Crippen LogP contribution in [-0.2, 0) is 17.5 Å². The van der Waals surface area contributed by atoms with Crippen molar-refractivity contribution in [2.24, 2.45) is 0 Å². The fraction of sp³-hybridized carbons (Fsp3) is 0.0833. The number of nitrogens with zero attached hydrogens (tertiary/aromatic N) is 2. The molecule has 7 nitrogen and oxygen atoms in total. The first-order chi connectivity index (χ1) is 17.0. The molecule has 1 aliphatic rings. The van der Waals surface area contributed by atoms with Gasteiger partial charge < -0.3 is 4.74 Å². The van der Waals surface area contributed by atoms with Gasteiger partial charge in [0.05, 0.1) is 21.9 Å². The Kier molecular flexibility index (Phi) is 7.36. The smallest absolute Gasteiger partial charge is 0.416 e. The number of imide groups is 1. The van der Waals surface area contributed by atoms with Crippen molar-refractivity contribution in [1.29, 1.82) is 0 Å². The molecule has 1 saturated heterocycles. The van der Waals surface area contributed by atoms with E-state index in [1.807, 2.05) is 24.3 Å². The number of carbonyl (C=O) groups is 2. The zero-order chi connectivity index (χ0) is 26.0. The van der Waals surface area contributed by atoms with Crippen LogP contribution in [0.4, 0.5) is 23.7 Å². The van der Waals surface area contributed by atoms with Gasteiger partial charge >= 0.3 is 11.9 Å². The highest BCUT2D eigenvalue weighted by Crippen LogP contribution is 2.38. The molecular formula is C24H14F3IN2O5S. The van der Waals surface area contributed by atoms with Gasteiger partial charge in [0.25, 0.3) is 11.1 Å². The van der Waals surface area contributed by atoms with E-state index in [0.29, 0.717) is 17.7 Å². The van der Waals surface area contributed by atoms with Gasteiger partial charge in [-0.05, 0) is 88.0 Å². The van der Waals surface area contributed by atoms with Gasteiger partial charge in [-0.2, -0.15) is 13.2 Å². The van der Waals surface area contributed by atoms with Crippen molar-refractivity contribution in [3.63, 3.8) is 0 Å². The van der Waals surface area contributed by atoms with Gasteiger partial charge in [-0.1, -0.05) is 24.3 Å². The van der Waals surface area contributed by atoms with Crippen LogP contribution in [0.25, 0.3) is 6.08 Å². The first kappa shape index (κ1) is 25.7. The number of hydrogen-bond acceptors (Lipinski definition) is 6. The predicted octanol–water partition coefficient (Wildman–Crippen LogP) is 7.25. The molecule has 36 heavy (non-hydrogen) atoms. The summed E-state index contributed by atoms with van der Waals surface area (Å²) in [6.07, 6.45) is -3.27. The zero-order valence-corrected chi connectivity index (χ0v) is 21.0. The second-order valence-electron chi connectivity index (χ2n) is 7.51. The van der Waals surface area contributed by atoms with Crippen molar-refractivity contribution in [1.82, 2.24) is 4.90 Å². The SMILES string of the molecule is O=C1S/C(=C/c2cccc(Oc3ccc(C(F)(F)F)cc3[N+](=O)[O-])c2)C(=O)N1Cc1ccc(I)cc1. The normalized spacial score (nSPS) is 15.0. The fourth-order valence-electron chi connectivity index (χ4n) is 3.28. The molecule has 0 N–H and O–H groups in total. The van der Waals surface area contributed by atoms with E-state index < -0.39 is 33.5 Å². The van der Waals surface area contributed by atoms with E-state index in [0.717, 1.165) is 31.9 Å². The lowest BCUT2D eigenvalue weighted by atomic mass is 10.1. The standard InChI is InChI=1S/C24H14F3IN2O5S/c25-24(26,27)16-6-9-20(19(12-16)30(33)34)35-18-3-1-2-15(10-18)11-21-22(31)29(23(32)36-21)13-14-4-7-17(28)8-5-14/h1-12H,13H2/b21-11+. The minimum Gasteiger partial charge on any atom is -0.450 e. The van der Waals surface area contributed by atoms with Crippen LogP contribution in [0.1, 0.15) is 16.7 Å². The molecule has 0 atom stereocenters. The Balaban J connectivity index is 1.55. The molecule has 0 aliphatic carbocycles. The van der Waals surface area contributed by atoms with Crippen LogP contribution < -0.4 is 4.74 Å². The maximum atomic E-state index is 12.9. The number of amides is 2. The second-order valence-corrected chi connectivity index (χ2v) is 9.75. The van der Waals surface area contributed by atoms with Gasteiger partial charge in [-0.15, -0.1) is 0 Å². The van der Waals surface area contributed by atoms with Crippen LogP contribution in [0.3, 0.4) is 0 Å². The molecule has 2 amide bonds. The summed E-state index contributed by atoms with van der Waals surface area (Å²) in [5.74, 6) is -0.735. The minimum absolute atomic E-state index is 0.102. The number of carbonyl (C=O) groups excluding carboxylic acids is 2. The Morgan fingerprint density at radius 2 is 1.78 bits per heavy atom. The number of thioether (sulfide) groups is 1. The largest absolute Gasteiger partial charge is 0.450 e. The third kappa shape index (κ3) is 5.87. The molecule has 0 spiro atoms. The molecular weight excluding hydrogens is 612 g/mol. The summed E-state index contributed by atoms with van der Waals surface area (Å²) in [4.78, 5) is 36.9. The number of halogens is 4. The van der Waals surface area contributed by atoms with Crippen molar-refractivity contribution in [2.75, 3.05) is 0 Å². The highest BCUT2D eigenvalue weighted by Gasteiger charge is 2.35. The summed E-state index contributed by atoms with van der Waals surface area (Å²) >= 11 is 2.93. The van der Waals surface area contributed by atoms with Gasteiger partial charge in [0.2, 0.25) is 5.75 Å². The van der Waals surface area contributed by atoms with Crippen LogP contribution in [0.2, 0.25) is 0 Å². The first-order valence-corrected chi connectivity index (χ1v) is 12.0. The minimum atomic E-state index is -4.74. The van der Waals surface area contributed by atoms with Gasteiger partial charge in [-0.3, -0.25) is 24.6 Å². The van der Waals surface area contributed by atoms with E-state index in [2.05, 4.69) is 22.6 Å². The maximum absolute atomic E-state index is 12.9. The van der Waals surface area contributed by atoms with E-state index in [9.17, 15) is 32.9 Å². The first-order valence-electron chi connectivity index (χ1n) is 10.1. The van der Waals surface area contributed by atoms with Gasteiger partial charge in [0, 0.05) is 9.64 Å². The quantitative estimate of drug-likeness (QED) is 0.124. The number of nitro groups is 1. The summed E-state index contributed by atoms with van der Waals surface area (Å²) in [6, 6.07) is 15.5. The van der Waals surface area contributed by atoms with E-state index >= 15 is 0 Å². The van der Waals surface area contributed by atoms with E-state index in [-0.39, 0.29) is 22.9 Å². The summed E-state index contributed by atoms with van der Waals surface area (Å²) in [5, 5.41) is 10.9. The number of alkyl halides is 3. The highest BCUT2D eigenvalue weighted by molar-refractivity contribution is 14.1. The number of rotatable bonds is 6. The fourth-order valence-corrected chi connectivity index (χ4v) is 4.48. The van der Waals surface area contributed by atoms with Crippen LogP contribution in [0, 0.1) is 13.7 Å². The summed E-state index contributed by atoms with van der Waals surface area (Å²) in [6.45, 7) is 0.125. The number of benzene rings is 3. The Bertz CT molecular complexity index is 1390. The molecule has 0 aromatic heterocycles. The monoisotopic (exact) mass is 626 g/mol. The van der Waals surface area contributed by atoms with Crippen molar-refractivity contribution in [2.45, 2.75) is 12.7 Å². The predicted molar refractivity (Wildman–Crippen MR) is 135 cm³/mol. The van der Waals surface area contributed by atoms with Crippen molar-refractivity contribution in [3.05, 3.63) is 102 Å². The van der Waals surface area contributed by atoms with E-state index in [1.54, 1.807) is 12.1 Å². The van der Waals surface area contributed by atoms with Crippen molar-refractivity contribution < 1.29 is 32.4 Å². The lowest BCUT2D eigenvalue weighted by molar-refractivity contribution is -0.385. The average molecular weight is 626 g/mol. The molecule has 12 heteroatoms. The van der Waals surface area contributed by atoms with Crippen LogP contribution >= 0.6 is 34.4 Å². The molecule has 184 valence electrons. The zero-order valence-electron chi connectivity index (χ0n) is 18.0. The lowest BCUT2D eigenvalue weighted by Gasteiger charge is -2.12. The van der Waals surface area contributed by atoms with Crippen LogP contribution in [0.15, 0.2) is 71.6 Å². The second kappa shape index (κ2) is 10.3. The molecule has 1 fully saturated rings. The molecule has 3 aromatic rings. The topological polar surface area (TPSA) is 89.7 Å². The molecule has 1 heterocycles. The number of nitro benzene ring substituents is 1. The maximum Gasteiger partial charge on any atom is 0.416 e. The van der Waals surface area contributed by atoms with Gasteiger partial charge in [-0.25, -0.2) is 0 Å². The Morgan fingerprint density at radius 1 is 1.06 bits per heavy atom. The summed E-state index contributed by atoms with van der Waals surface area (Å²) in [5.41, 5.74) is -0.752. The molecule has 0 bridgehead atoms. The summed E-state index contributed by atoms with van der Waals surface area (Å²) < 4.78 is 45.3. The molecule has 4 rings (SSSR count). The number of ether oxygens (including phenoxy) is 1. The molecule has 0 unspecified atom stereocenters. The van der Waals surface area contributed by atoms with Gasteiger partial charge in [0.15, 0.2) is 0 Å². The lowest BCUT2D eigenvalue weighted by Crippen LogP contribution is -2.27. The van der Waals surface area contributed by atoms with E-state index in [4.69, 9.17) is 4.74 Å². The number of hydrogen-bond donors (Lipinski definition) is 0. The molecule has 3 aromatic carbocycles. The highest BCUT2D eigenvalue weighted by atomic mass is 127. The van der Waals surface area contributed by atoms with Gasteiger partial charge in [0.1, 0.15) is 5.75 Å². The molecule has 1 aliphatic heterocycles. The third-order valence-electron chi connectivity index (χ3n) is 4.99. The summed E-state index contributed by atoms with van der Waals surface area (Å²) in [7, 11) is 0. The Labute approximate surface area is 220 Å². The van der Waals surface area contributed by atoms with Crippen molar-refractivity contribution in [3.8, 4) is 11.5 Å². The van der Waals surface area contributed by atoms with Crippen LogP contribution in [0.5, 0.6) is 11.5 Å². The molecule has 0 saturated carbocycles. The Morgan fingerprint density at radius 3 is 2.44 bits per heavy atom. The van der Waals surface area contributed by atoms with E-state index in [1.165, 1.54) is 18.2 Å². The molecule has 0 radical (unpaired) electrons.